The lowest BCUT2D eigenvalue weighted by Crippen LogP contribution is -2.11. The summed E-state index contributed by atoms with van der Waals surface area (Å²) in [5, 5.41) is 26.3. The summed E-state index contributed by atoms with van der Waals surface area (Å²) in [7, 11) is 0. The van der Waals surface area contributed by atoms with Crippen molar-refractivity contribution >= 4 is 11.9 Å². The van der Waals surface area contributed by atoms with Gasteiger partial charge in [0.2, 0.25) is 0 Å². The largest absolute Gasteiger partial charge is 0.276 e. The minimum absolute atomic E-state index is 0.302. The first kappa shape index (κ1) is 7.34. The summed E-state index contributed by atoms with van der Waals surface area (Å²) >= 11 is 0. The predicted octanol–water partition coefficient (Wildman–Crippen LogP) is -1.01. The van der Waals surface area contributed by atoms with E-state index in [0.29, 0.717) is 11.9 Å². The van der Waals surface area contributed by atoms with E-state index in [1.54, 1.807) is 0 Å². The van der Waals surface area contributed by atoms with E-state index in [1.807, 2.05) is 0 Å². The second-order valence-electron chi connectivity index (χ2n) is 1.98. The number of hydrogen-bond acceptors (Lipinski definition) is 7. The Morgan fingerprint density at radius 2 is 1.62 bits per heavy atom. The Balaban J connectivity index is 2.35. The molecule has 2 heterocycles. The maximum absolute atomic E-state index is 3.73. The number of hydrogen-bond donors (Lipinski definition) is 2. The average Bonchev–Trinajstić information content (AvgIpc) is 2.76. The molecule has 2 rings (SSSR count). The first-order valence-corrected chi connectivity index (χ1v) is 3.30. The third-order valence-corrected chi connectivity index (χ3v) is 1.28. The zero-order valence-electron chi connectivity index (χ0n) is 6.41. The number of aromatic amines is 2. The summed E-state index contributed by atoms with van der Waals surface area (Å²) < 4.78 is 0. The second-order valence-corrected chi connectivity index (χ2v) is 1.98. The first-order chi connectivity index (χ1) is 6.42. The average molecular weight is 179 g/mol. The number of H-pyrrole nitrogens is 2. The van der Waals surface area contributed by atoms with E-state index < -0.39 is 0 Å². The molecule has 0 saturated heterocycles. The van der Waals surface area contributed by atoms with Crippen molar-refractivity contribution in [1.82, 2.24) is 41.2 Å². The molecule has 2 aromatic heterocycles. The highest BCUT2D eigenvalue weighted by molar-refractivity contribution is 5.48. The SMILES string of the molecule is C=CN(c1nn[nH]n1)c1nn[nH]n1. The molecule has 0 aliphatic rings. The van der Waals surface area contributed by atoms with Crippen LogP contribution in [-0.4, -0.2) is 41.2 Å². The molecule has 0 unspecified atom stereocenters. The molecule has 9 nitrogen and oxygen atoms in total. The molecule has 0 fully saturated rings. The molecule has 0 aromatic carbocycles. The van der Waals surface area contributed by atoms with Crippen LogP contribution in [0.15, 0.2) is 12.8 Å². The molecule has 0 spiro atoms. The van der Waals surface area contributed by atoms with Gasteiger partial charge < -0.3 is 0 Å². The molecular weight excluding hydrogens is 174 g/mol. The Morgan fingerprint density at radius 3 is 1.92 bits per heavy atom. The number of nitrogens with zero attached hydrogens (tertiary/aromatic N) is 7. The molecule has 9 heteroatoms. The fourth-order valence-corrected chi connectivity index (χ4v) is 0.770. The molecule has 13 heavy (non-hydrogen) atoms. The van der Waals surface area contributed by atoms with E-state index in [2.05, 4.69) is 47.8 Å². The highest BCUT2D eigenvalue weighted by Gasteiger charge is 2.13. The third kappa shape index (κ3) is 1.21. The van der Waals surface area contributed by atoms with Gasteiger partial charge in [-0.15, -0.1) is 10.2 Å². The summed E-state index contributed by atoms with van der Waals surface area (Å²) in [5.41, 5.74) is 0. The monoisotopic (exact) mass is 179 g/mol. The highest BCUT2D eigenvalue weighted by Crippen LogP contribution is 2.13. The van der Waals surface area contributed by atoms with Crippen molar-refractivity contribution in [2.75, 3.05) is 4.90 Å². The Morgan fingerprint density at radius 1 is 1.08 bits per heavy atom. The Kier molecular flexibility index (Phi) is 1.67. The van der Waals surface area contributed by atoms with Crippen LogP contribution in [0.3, 0.4) is 0 Å². The zero-order chi connectivity index (χ0) is 9.10. The van der Waals surface area contributed by atoms with Gasteiger partial charge in [0, 0.05) is 6.20 Å². The molecule has 0 amide bonds. The van der Waals surface area contributed by atoms with Crippen molar-refractivity contribution in [3.63, 3.8) is 0 Å². The smallest absolute Gasteiger partial charge is 0.249 e. The van der Waals surface area contributed by atoms with Crippen molar-refractivity contribution < 1.29 is 0 Å². The second kappa shape index (κ2) is 2.97. The van der Waals surface area contributed by atoms with Gasteiger partial charge in [-0.3, -0.25) is 0 Å². The summed E-state index contributed by atoms with van der Waals surface area (Å²) in [6.07, 6.45) is 1.45. The van der Waals surface area contributed by atoms with Gasteiger partial charge in [0.25, 0.3) is 11.9 Å². The predicted molar refractivity (Wildman–Crippen MR) is 40.7 cm³/mol. The molecule has 2 N–H and O–H groups in total. The lowest BCUT2D eigenvalue weighted by Gasteiger charge is -2.07. The molecule has 0 atom stereocenters. The molecule has 0 bridgehead atoms. The van der Waals surface area contributed by atoms with Crippen LogP contribution in [-0.2, 0) is 0 Å². The molecule has 0 aliphatic heterocycles. The third-order valence-electron chi connectivity index (χ3n) is 1.28. The Bertz CT molecular complexity index is 326. The van der Waals surface area contributed by atoms with Crippen LogP contribution in [0.2, 0.25) is 0 Å². The standard InChI is InChI=1S/C4H5N9/c1-2-13(3-5-9-10-6-3)4-7-11-12-8-4/h2H,1H2,(H,5,6,9,10)(H,7,8,11,12). The fourth-order valence-electron chi connectivity index (χ4n) is 0.770. The van der Waals surface area contributed by atoms with Crippen LogP contribution in [0.4, 0.5) is 11.9 Å². The number of nitrogens with one attached hydrogen (secondary N) is 2. The van der Waals surface area contributed by atoms with Crippen molar-refractivity contribution in [1.29, 1.82) is 0 Å². The van der Waals surface area contributed by atoms with Gasteiger partial charge in [-0.1, -0.05) is 16.8 Å². The lowest BCUT2D eigenvalue weighted by atomic mass is 10.7. The van der Waals surface area contributed by atoms with Gasteiger partial charge in [0.05, 0.1) is 0 Å². The van der Waals surface area contributed by atoms with Crippen LogP contribution in [0.25, 0.3) is 0 Å². The van der Waals surface area contributed by atoms with E-state index in [0.717, 1.165) is 0 Å². The van der Waals surface area contributed by atoms with Gasteiger partial charge in [0.15, 0.2) is 0 Å². The summed E-state index contributed by atoms with van der Waals surface area (Å²) in [6, 6.07) is 0. The number of tetrazole rings is 2. The van der Waals surface area contributed by atoms with Crippen molar-refractivity contribution in [3.8, 4) is 0 Å². The highest BCUT2D eigenvalue weighted by atomic mass is 15.6. The fraction of sp³-hybridized carbons (Fsp3) is 0. The number of aromatic nitrogens is 8. The number of anilines is 2. The minimum Gasteiger partial charge on any atom is -0.249 e. The van der Waals surface area contributed by atoms with Gasteiger partial charge in [-0.25, -0.2) is 4.90 Å². The molecule has 66 valence electrons. The van der Waals surface area contributed by atoms with Crippen LogP contribution < -0.4 is 4.90 Å². The summed E-state index contributed by atoms with van der Waals surface area (Å²) in [6.45, 7) is 3.56. The van der Waals surface area contributed by atoms with Gasteiger partial charge in [-0.2, -0.15) is 10.4 Å². The summed E-state index contributed by atoms with van der Waals surface area (Å²) in [4.78, 5) is 1.42. The van der Waals surface area contributed by atoms with Crippen LogP contribution in [0.1, 0.15) is 0 Å². The maximum Gasteiger partial charge on any atom is 0.276 e. The van der Waals surface area contributed by atoms with Gasteiger partial charge in [-0.05, 0) is 10.4 Å². The van der Waals surface area contributed by atoms with Crippen LogP contribution >= 0.6 is 0 Å². The maximum atomic E-state index is 3.73. The zero-order valence-corrected chi connectivity index (χ0v) is 6.41. The summed E-state index contributed by atoms with van der Waals surface area (Å²) in [5.74, 6) is 0.604. The van der Waals surface area contributed by atoms with E-state index in [1.165, 1.54) is 11.1 Å². The number of rotatable bonds is 3. The normalized spacial score (nSPS) is 9.85. The molecule has 0 radical (unpaired) electrons. The van der Waals surface area contributed by atoms with E-state index >= 15 is 0 Å². The van der Waals surface area contributed by atoms with Crippen molar-refractivity contribution in [2.24, 2.45) is 0 Å². The van der Waals surface area contributed by atoms with Gasteiger partial charge in [0.1, 0.15) is 0 Å². The lowest BCUT2D eigenvalue weighted by molar-refractivity contribution is 0.881. The van der Waals surface area contributed by atoms with Crippen molar-refractivity contribution in [2.45, 2.75) is 0 Å². The molecule has 0 aliphatic carbocycles. The van der Waals surface area contributed by atoms with Crippen molar-refractivity contribution in [3.05, 3.63) is 12.8 Å². The van der Waals surface area contributed by atoms with Gasteiger partial charge >= 0.3 is 0 Å². The Labute approximate surface area is 71.8 Å². The molecule has 0 saturated carbocycles. The quantitative estimate of drug-likeness (QED) is 0.620. The van der Waals surface area contributed by atoms with E-state index in [4.69, 9.17) is 0 Å². The minimum atomic E-state index is 0.302. The topological polar surface area (TPSA) is 112 Å². The van der Waals surface area contributed by atoms with E-state index in [9.17, 15) is 0 Å². The Hall–Kier alpha value is -2.32. The van der Waals surface area contributed by atoms with Crippen LogP contribution in [0.5, 0.6) is 0 Å². The molecule has 2 aromatic rings. The first-order valence-electron chi connectivity index (χ1n) is 3.30. The molecular formula is C4H5N9. The van der Waals surface area contributed by atoms with Crippen LogP contribution in [0, 0.1) is 0 Å². The van der Waals surface area contributed by atoms with E-state index in [-0.39, 0.29) is 0 Å².